The molecule has 3 aromatic rings. The highest BCUT2D eigenvalue weighted by Crippen LogP contribution is 2.38. The first-order valence-corrected chi connectivity index (χ1v) is 13.1. The molecule has 0 spiro atoms. The zero-order chi connectivity index (χ0) is 26.6. The molecule has 7 heteroatoms. The Morgan fingerprint density at radius 2 is 1.79 bits per heavy atom. The van der Waals surface area contributed by atoms with Crippen LogP contribution in [0.1, 0.15) is 47.4 Å². The zero-order valence-corrected chi connectivity index (χ0v) is 21.8. The van der Waals surface area contributed by atoms with Crippen LogP contribution in [0.25, 0.3) is 11.1 Å². The van der Waals surface area contributed by atoms with Gasteiger partial charge in [0.05, 0.1) is 31.8 Å². The molecule has 38 heavy (non-hydrogen) atoms. The summed E-state index contributed by atoms with van der Waals surface area (Å²) in [7, 11) is 0. The molecule has 0 aliphatic carbocycles. The Morgan fingerprint density at radius 1 is 0.974 bits per heavy atom. The van der Waals surface area contributed by atoms with Gasteiger partial charge < -0.3 is 29.2 Å². The van der Waals surface area contributed by atoms with Crippen molar-refractivity contribution < 1.29 is 34.0 Å². The molecule has 0 aromatic heterocycles. The minimum atomic E-state index is -0.824. The second-order valence-electron chi connectivity index (χ2n) is 10.2. The number of carboxylic acid groups (broad SMARTS) is 1. The maximum atomic E-state index is 11.1. The van der Waals surface area contributed by atoms with E-state index in [0.717, 1.165) is 46.4 Å². The van der Waals surface area contributed by atoms with Gasteiger partial charge in [0.2, 0.25) is 0 Å². The van der Waals surface area contributed by atoms with Crippen molar-refractivity contribution in [1.82, 2.24) is 0 Å². The van der Waals surface area contributed by atoms with Gasteiger partial charge in [0.15, 0.2) is 0 Å². The topological polar surface area (TPSA) is 94.5 Å². The lowest BCUT2D eigenvalue weighted by atomic mass is 9.94. The quantitative estimate of drug-likeness (QED) is 0.391. The summed E-state index contributed by atoms with van der Waals surface area (Å²) < 4.78 is 23.5. The molecule has 2 unspecified atom stereocenters. The first kappa shape index (κ1) is 26.1. The molecule has 5 rings (SSSR count). The lowest BCUT2D eigenvalue weighted by Crippen LogP contribution is -2.33. The average molecular weight is 519 g/mol. The van der Waals surface area contributed by atoms with E-state index in [-0.39, 0.29) is 24.5 Å². The molecule has 3 aromatic carbocycles. The second-order valence-corrected chi connectivity index (χ2v) is 10.2. The molecule has 200 valence electrons. The van der Waals surface area contributed by atoms with Gasteiger partial charge in [0, 0.05) is 17.5 Å². The Bertz CT molecular complexity index is 1270. The molecule has 1 saturated heterocycles. The van der Waals surface area contributed by atoms with Gasteiger partial charge in [-0.3, -0.25) is 4.79 Å². The molecule has 2 N–H and O–H groups in total. The molecule has 7 nitrogen and oxygen atoms in total. The minimum Gasteiger partial charge on any atom is -0.492 e. The Morgan fingerprint density at radius 3 is 2.53 bits per heavy atom. The number of aliphatic carboxylic acids is 1. The van der Waals surface area contributed by atoms with E-state index < -0.39 is 5.97 Å². The Balaban J connectivity index is 1.23. The summed E-state index contributed by atoms with van der Waals surface area (Å²) in [6.07, 6.45) is 1.26. The zero-order valence-electron chi connectivity index (χ0n) is 21.8. The summed E-state index contributed by atoms with van der Waals surface area (Å²) in [5.41, 5.74) is 6.51. The van der Waals surface area contributed by atoms with Crippen LogP contribution in [0.15, 0.2) is 54.6 Å². The summed E-state index contributed by atoms with van der Waals surface area (Å²) in [6.45, 7) is 5.82. The molecule has 0 amide bonds. The van der Waals surface area contributed by atoms with Crippen molar-refractivity contribution in [2.45, 2.75) is 57.8 Å². The molecular formula is C31H34O7. The standard InChI is InChI=1S/C31H34O7/c1-19-10-27(37-18-26-7-6-24(32)17-36-26)11-20(2)31(19)22-5-3-4-21(12-22)15-35-25-8-9-28-23(13-30(33)34)16-38-29(28)14-25/h3-5,8-12,14,23-24,26,32H,6-7,13,15-18H2,1-2H3,(H,33,34)/t23?,24?,26-/m0/s1. The third kappa shape index (κ3) is 6.11. The second kappa shape index (κ2) is 11.5. The van der Waals surface area contributed by atoms with Gasteiger partial charge in [-0.25, -0.2) is 0 Å². The fourth-order valence-electron chi connectivity index (χ4n) is 5.29. The van der Waals surface area contributed by atoms with Gasteiger partial charge in [-0.2, -0.15) is 0 Å². The lowest BCUT2D eigenvalue weighted by Gasteiger charge is -2.26. The molecule has 0 bridgehead atoms. The number of aliphatic hydroxyl groups is 1. The summed E-state index contributed by atoms with van der Waals surface area (Å²) in [4.78, 5) is 11.1. The third-order valence-electron chi connectivity index (χ3n) is 7.20. The minimum absolute atomic E-state index is 0.0128. The van der Waals surface area contributed by atoms with Gasteiger partial charge in [-0.15, -0.1) is 0 Å². The van der Waals surface area contributed by atoms with Crippen molar-refractivity contribution in [3.05, 3.63) is 76.9 Å². The number of hydrogen-bond acceptors (Lipinski definition) is 6. The van der Waals surface area contributed by atoms with Crippen molar-refractivity contribution in [2.24, 2.45) is 0 Å². The molecular weight excluding hydrogens is 484 g/mol. The van der Waals surface area contributed by atoms with E-state index in [4.69, 9.17) is 24.1 Å². The van der Waals surface area contributed by atoms with Crippen LogP contribution >= 0.6 is 0 Å². The number of carbonyl (C=O) groups is 1. The molecule has 2 aliphatic heterocycles. The average Bonchev–Trinajstić information content (AvgIpc) is 3.28. The summed E-state index contributed by atoms with van der Waals surface area (Å²) in [5.74, 6) is 1.27. The van der Waals surface area contributed by atoms with Gasteiger partial charge in [0.25, 0.3) is 0 Å². The van der Waals surface area contributed by atoms with E-state index in [9.17, 15) is 9.90 Å². The van der Waals surface area contributed by atoms with Crippen LogP contribution in [0, 0.1) is 13.8 Å². The highest BCUT2D eigenvalue weighted by molar-refractivity contribution is 5.72. The van der Waals surface area contributed by atoms with Crippen LogP contribution in [0.5, 0.6) is 17.2 Å². The smallest absolute Gasteiger partial charge is 0.304 e. The highest BCUT2D eigenvalue weighted by atomic mass is 16.5. The number of ether oxygens (including phenoxy) is 4. The molecule has 2 aliphatic rings. The molecule has 2 heterocycles. The highest BCUT2D eigenvalue weighted by Gasteiger charge is 2.26. The van der Waals surface area contributed by atoms with Crippen LogP contribution in [0.4, 0.5) is 0 Å². The fourth-order valence-corrected chi connectivity index (χ4v) is 5.29. The van der Waals surface area contributed by atoms with Crippen molar-refractivity contribution in [2.75, 3.05) is 19.8 Å². The molecule has 3 atom stereocenters. The largest absolute Gasteiger partial charge is 0.492 e. The van der Waals surface area contributed by atoms with Crippen LogP contribution < -0.4 is 14.2 Å². The third-order valence-corrected chi connectivity index (χ3v) is 7.20. The number of benzene rings is 3. The van der Waals surface area contributed by atoms with Crippen molar-refractivity contribution >= 4 is 5.97 Å². The number of fused-ring (bicyclic) bond motifs is 1. The predicted molar refractivity (Wildman–Crippen MR) is 143 cm³/mol. The lowest BCUT2D eigenvalue weighted by molar-refractivity contribution is -0.137. The summed E-state index contributed by atoms with van der Waals surface area (Å²) in [5, 5.41) is 18.7. The summed E-state index contributed by atoms with van der Waals surface area (Å²) >= 11 is 0. The summed E-state index contributed by atoms with van der Waals surface area (Å²) in [6, 6.07) is 18.1. The Labute approximate surface area is 222 Å². The first-order valence-electron chi connectivity index (χ1n) is 13.1. The first-order chi connectivity index (χ1) is 18.4. The SMILES string of the molecule is Cc1cc(OC[C@@H]2CCC(O)CO2)cc(C)c1-c1cccc(COc2ccc3c(c2)OCC3CC(=O)O)c1. The number of carboxylic acids is 1. The maximum absolute atomic E-state index is 11.1. The number of aliphatic hydroxyl groups excluding tert-OH is 1. The van der Waals surface area contributed by atoms with E-state index in [1.807, 2.05) is 30.3 Å². The van der Waals surface area contributed by atoms with Crippen LogP contribution in [0.2, 0.25) is 0 Å². The van der Waals surface area contributed by atoms with Gasteiger partial charge in [-0.05, 0) is 78.8 Å². The predicted octanol–water partition coefficient (Wildman–Crippen LogP) is 5.42. The number of hydrogen-bond donors (Lipinski definition) is 2. The Kier molecular flexibility index (Phi) is 7.86. The van der Waals surface area contributed by atoms with E-state index in [2.05, 4.69) is 38.1 Å². The van der Waals surface area contributed by atoms with Crippen molar-refractivity contribution in [3.63, 3.8) is 0 Å². The van der Waals surface area contributed by atoms with Crippen LogP contribution in [0.3, 0.4) is 0 Å². The van der Waals surface area contributed by atoms with Crippen LogP contribution in [-0.4, -0.2) is 48.2 Å². The van der Waals surface area contributed by atoms with E-state index in [1.54, 1.807) is 0 Å². The van der Waals surface area contributed by atoms with Crippen molar-refractivity contribution in [1.29, 1.82) is 0 Å². The van der Waals surface area contributed by atoms with E-state index >= 15 is 0 Å². The van der Waals surface area contributed by atoms with Crippen LogP contribution in [-0.2, 0) is 16.1 Å². The molecule has 0 saturated carbocycles. The monoisotopic (exact) mass is 518 g/mol. The fraction of sp³-hybridized carbons (Fsp3) is 0.387. The van der Waals surface area contributed by atoms with Gasteiger partial charge in [-0.1, -0.05) is 24.3 Å². The normalized spacial score (nSPS) is 20.4. The van der Waals surface area contributed by atoms with E-state index in [1.165, 1.54) is 5.56 Å². The van der Waals surface area contributed by atoms with E-state index in [0.29, 0.717) is 37.9 Å². The van der Waals surface area contributed by atoms with Gasteiger partial charge in [0.1, 0.15) is 30.5 Å². The number of rotatable bonds is 9. The van der Waals surface area contributed by atoms with Crippen molar-refractivity contribution in [3.8, 4) is 28.4 Å². The number of aryl methyl sites for hydroxylation is 2. The Hall–Kier alpha value is -3.55. The molecule has 0 radical (unpaired) electrons. The maximum Gasteiger partial charge on any atom is 0.304 e. The molecule has 1 fully saturated rings. The van der Waals surface area contributed by atoms with Gasteiger partial charge >= 0.3 is 5.97 Å².